The smallest absolute Gasteiger partial charge is 0.248 e. The van der Waals surface area contributed by atoms with Crippen molar-refractivity contribution in [2.45, 2.75) is 85.7 Å². The minimum atomic E-state index is -2.93. The summed E-state index contributed by atoms with van der Waals surface area (Å²) in [4.78, 5) is 4.59. The predicted molar refractivity (Wildman–Crippen MR) is 151 cm³/mol. The fourth-order valence-electron chi connectivity index (χ4n) is 6.40. The van der Waals surface area contributed by atoms with E-state index in [9.17, 15) is 42.4 Å². The molecule has 3 aromatic rings. The van der Waals surface area contributed by atoms with Crippen LogP contribution in [-0.4, -0.2) is 81.7 Å². The number of hydrogen-bond donors (Lipinski definition) is 5. The van der Waals surface area contributed by atoms with Crippen molar-refractivity contribution in [1.82, 2.24) is 20.0 Å². The second-order valence-corrected chi connectivity index (χ2v) is 14.4. The highest BCUT2D eigenvalue weighted by Gasteiger charge is 2.54. The van der Waals surface area contributed by atoms with Gasteiger partial charge in [-0.05, 0) is 42.5 Å². The van der Waals surface area contributed by atoms with Gasteiger partial charge in [0.1, 0.15) is 11.7 Å². The zero-order valence-electron chi connectivity index (χ0n) is 23.6. The monoisotopic (exact) mass is 630 g/mol. The van der Waals surface area contributed by atoms with Gasteiger partial charge in [-0.1, -0.05) is 25.1 Å². The summed E-state index contributed by atoms with van der Waals surface area (Å²) in [5.74, 6) is -7.46. The molecule has 8 nitrogen and oxygen atoms in total. The van der Waals surface area contributed by atoms with E-state index in [1.54, 1.807) is 12.3 Å². The van der Waals surface area contributed by atoms with Crippen molar-refractivity contribution < 1.29 is 42.4 Å². The number of aliphatic hydroxyl groups is 4. The molecule has 236 valence electrons. The van der Waals surface area contributed by atoms with E-state index in [1.807, 2.05) is 19.9 Å². The van der Waals surface area contributed by atoms with Crippen LogP contribution in [-0.2, 0) is 0 Å². The fraction of sp³-hybridized carbons (Fsp3) is 0.552. The minimum absolute atomic E-state index is 0.00519. The van der Waals surface area contributed by atoms with Crippen LogP contribution in [0.2, 0.25) is 0 Å². The molecule has 1 aliphatic heterocycles. The number of thiol groups is 1. The number of aromatic nitrogens is 4. The van der Waals surface area contributed by atoms with Crippen LogP contribution in [0.4, 0.5) is 22.0 Å². The Labute approximate surface area is 247 Å². The number of nitrogens with zero attached hydrogens (tertiary/aromatic N) is 4. The molecule has 0 radical (unpaired) electrons. The van der Waals surface area contributed by atoms with Gasteiger partial charge >= 0.3 is 0 Å². The van der Waals surface area contributed by atoms with Gasteiger partial charge in [-0.3, -0.25) is 4.98 Å². The molecule has 6 atom stereocenters. The lowest BCUT2D eigenvalue weighted by atomic mass is 9.78. The first-order chi connectivity index (χ1) is 20.3. The molecule has 0 spiro atoms. The predicted octanol–water partition coefficient (Wildman–Crippen LogP) is 4.20. The third kappa shape index (κ3) is 6.04. The lowest BCUT2D eigenvalue weighted by molar-refractivity contribution is -0.105. The van der Waals surface area contributed by atoms with Gasteiger partial charge in [0.25, 0.3) is 0 Å². The molecule has 3 heterocycles. The molecular formula is C29H35F5N4O4S. The highest BCUT2D eigenvalue weighted by atomic mass is 32.2. The average molecular weight is 631 g/mol. The van der Waals surface area contributed by atoms with E-state index in [2.05, 4.69) is 15.3 Å². The van der Waals surface area contributed by atoms with Crippen LogP contribution in [0.5, 0.6) is 0 Å². The summed E-state index contributed by atoms with van der Waals surface area (Å²) < 4.78 is 70.7. The molecular weight excluding hydrogens is 595 g/mol. The highest BCUT2D eigenvalue weighted by Crippen LogP contribution is 2.61. The van der Waals surface area contributed by atoms with Crippen LogP contribution in [0.25, 0.3) is 11.3 Å². The van der Waals surface area contributed by atoms with Crippen molar-refractivity contribution in [3.63, 3.8) is 0 Å². The largest absolute Gasteiger partial charge is 0.395 e. The van der Waals surface area contributed by atoms with Crippen LogP contribution in [0.1, 0.15) is 68.0 Å². The first-order valence-electron chi connectivity index (χ1n) is 14.1. The first-order valence-corrected chi connectivity index (χ1v) is 15.8. The number of alkyl halides is 2. The van der Waals surface area contributed by atoms with Crippen LogP contribution in [0.3, 0.4) is 0 Å². The van der Waals surface area contributed by atoms with E-state index in [4.69, 9.17) is 0 Å². The van der Waals surface area contributed by atoms with Crippen molar-refractivity contribution >= 4 is 10.9 Å². The zero-order valence-corrected chi connectivity index (χ0v) is 24.5. The number of halogens is 5. The molecule has 5 rings (SSSR count). The summed E-state index contributed by atoms with van der Waals surface area (Å²) in [5.41, 5.74) is -0.492. The van der Waals surface area contributed by atoms with Crippen LogP contribution in [0, 0.1) is 17.5 Å². The zero-order chi connectivity index (χ0) is 31.3. The van der Waals surface area contributed by atoms with E-state index in [-0.39, 0.29) is 35.8 Å². The van der Waals surface area contributed by atoms with Gasteiger partial charge in [0.05, 0.1) is 41.6 Å². The Kier molecular flexibility index (Phi) is 8.89. The Hall–Kier alpha value is -2.65. The van der Waals surface area contributed by atoms with Crippen molar-refractivity contribution in [3.05, 3.63) is 65.4 Å². The van der Waals surface area contributed by atoms with Crippen LogP contribution in [0.15, 0.2) is 36.7 Å². The number of hydrogen-bond acceptors (Lipinski definition) is 7. The number of aliphatic hydroxyl groups excluding tert-OH is 3. The van der Waals surface area contributed by atoms with E-state index < -0.39 is 88.1 Å². The summed E-state index contributed by atoms with van der Waals surface area (Å²) in [6.07, 6.45) is -1.43. The summed E-state index contributed by atoms with van der Waals surface area (Å²) in [5, 5.41) is 51.7. The van der Waals surface area contributed by atoms with E-state index in [0.29, 0.717) is 5.69 Å². The summed E-state index contributed by atoms with van der Waals surface area (Å²) >= 11 is 0. The number of benzene rings is 1. The third-order valence-electron chi connectivity index (χ3n) is 8.68. The van der Waals surface area contributed by atoms with Gasteiger partial charge in [-0.15, -0.1) is 5.10 Å². The maximum atomic E-state index is 14.2. The molecule has 1 unspecified atom stereocenters. The Bertz CT molecular complexity index is 1430. The minimum Gasteiger partial charge on any atom is -0.395 e. The van der Waals surface area contributed by atoms with Crippen molar-refractivity contribution in [1.29, 1.82) is 0 Å². The third-order valence-corrected chi connectivity index (χ3v) is 12.2. The van der Waals surface area contributed by atoms with E-state index in [0.717, 1.165) is 22.4 Å². The molecule has 2 aliphatic rings. The van der Waals surface area contributed by atoms with Gasteiger partial charge in [0, 0.05) is 35.6 Å². The maximum absolute atomic E-state index is 14.2. The molecule has 1 saturated heterocycles. The molecule has 1 saturated carbocycles. The van der Waals surface area contributed by atoms with Gasteiger partial charge in [-0.2, -0.15) is 0 Å². The SMILES string of the molecule is CC(C)c1cccnc1[C@@H]([SH]1C[C@H](O)[C@H](n2cc(-c3cc(F)c(F)c(F)c3)nn2)[C@@H](O)[C@H]1CO)C1(O)CCC(F)(F)CC1. The van der Waals surface area contributed by atoms with E-state index >= 15 is 0 Å². The Morgan fingerprint density at radius 1 is 1.07 bits per heavy atom. The van der Waals surface area contributed by atoms with Crippen LogP contribution >= 0.6 is 10.9 Å². The second-order valence-electron chi connectivity index (χ2n) is 11.8. The first kappa shape index (κ1) is 31.8. The van der Waals surface area contributed by atoms with E-state index in [1.165, 1.54) is 6.20 Å². The summed E-state index contributed by atoms with van der Waals surface area (Å²) in [6, 6.07) is 3.93. The van der Waals surface area contributed by atoms with Crippen molar-refractivity contribution in [2.24, 2.45) is 0 Å². The molecule has 4 N–H and O–H groups in total. The maximum Gasteiger partial charge on any atom is 0.248 e. The highest BCUT2D eigenvalue weighted by molar-refractivity contribution is 8.18. The summed E-state index contributed by atoms with van der Waals surface area (Å²) in [7, 11) is -1.67. The molecule has 2 aromatic heterocycles. The molecule has 1 aromatic carbocycles. The van der Waals surface area contributed by atoms with Gasteiger partial charge in [0.2, 0.25) is 5.92 Å². The molecule has 0 bridgehead atoms. The summed E-state index contributed by atoms with van der Waals surface area (Å²) in [6.45, 7) is 3.34. The van der Waals surface area contributed by atoms with Crippen molar-refractivity contribution in [2.75, 3.05) is 12.4 Å². The quantitative estimate of drug-likeness (QED) is 0.151. The Morgan fingerprint density at radius 2 is 1.72 bits per heavy atom. The Balaban J connectivity index is 1.52. The van der Waals surface area contributed by atoms with Gasteiger partial charge < -0.3 is 20.4 Å². The molecule has 1 aliphatic carbocycles. The van der Waals surface area contributed by atoms with Gasteiger partial charge in [0.15, 0.2) is 17.5 Å². The topological polar surface area (TPSA) is 125 Å². The second kappa shape index (κ2) is 12.0. The molecule has 0 amide bonds. The lowest BCUT2D eigenvalue weighted by Gasteiger charge is -2.53. The normalized spacial score (nSPS) is 28.6. The number of pyridine rings is 1. The lowest BCUT2D eigenvalue weighted by Crippen LogP contribution is -2.53. The van der Waals surface area contributed by atoms with Gasteiger partial charge in [-0.25, -0.2) is 37.5 Å². The molecule has 14 heteroatoms. The molecule has 2 fully saturated rings. The van der Waals surface area contributed by atoms with Crippen molar-refractivity contribution in [3.8, 4) is 11.3 Å². The fourth-order valence-corrected chi connectivity index (χ4v) is 10.1. The molecule has 43 heavy (non-hydrogen) atoms. The average Bonchev–Trinajstić information content (AvgIpc) is 3.43. The number of rotatable bonds is 7. The van der Waals surface area contributed by atoms with Crippen LogP contribution < -0.4 is 0 Å². The standard InChI is InChI=1S/C29H35F5N4O4S/c1-15(2)17-4-3-9-35-24(17)27(28(42)5-7-29(33,34)8-6-28)43-14-21(40)25(26(41)22(43)13-39)38-12-20(36-37-38)16-10-18(30)23(32)19(31)11-16/h3-4,9-12,15,21-22,25-27,39-43H,5-8,13-14H2,1-2H3/t21-,22+,25-,26-,27+/m0/s1. The Morgan fingerprint density at radius 3 is 2.33 bits per heavy atom.